The molecule has 0 aliphatic heterocycles. The van der Waals surface area contributed by atoms with Crippen molar-refractivity contribution >= 4 is 39.9 Å². The molecule has 1 heterocycles. The number of fused-ring (bicyclic) bond motifs is 1. The zero-order valence-electron chi connectivity index (χ0n) is 16.3. The lowest BCUT2D eigenvalue weighted by Crippen LogP contribution is -2.27. The summed E-state index contributed by atoms with van der Waals surface area (Å²) in [6, 6.07) is 15.4. The van der Waals surface area contributed by atoms with Gasteiger partial charge in [-0.05, 0) is 42.0 Å². The fourth-order valence-electron chi connectivity index (χ4n) is 3.24. The third kappa shape index (κ3) is 4.62. The number of halogens is 4. The van der Waals surface area contributed by atoms with Crippen molar-refractivity contribution in [2.75, 3.05) is 10.6 Å². The van der Waals surface area contributed by atoms with Crippen LogP contribution >= 0.6 is 11.6 Å². The summed E-state index contributed by atoms with van der Waals surface area (Å²) in [5.41, 5.74) is 0.782. The van der Waals surface area contributed by atoms with Crippen molar-refractivity contribution in [3.63, 3.8) is 0 Å². The Morgan fingerprint density at radius 1 is 0.938 bits per heavy atom. The van der Waals surface area contributed by atoms with E-state index < -0.39 is 23.7 Å². The minimum absolute atomic E-state index is 0.0236. The molecule has 1 amide bonds. The van der Waals surface area contributed by atoms with Gasteiger partial charge in [0.2, 0.25) is 0 Å². The van der Waals surface area contributed by atoms with E-state index in [1.807, 2.05) is 0 Å². The van der Waals surface area contributed by atoms with Crippen LogP contribution in [0.4, 0.5) is 24.5 Å². The zero-order valence-corrected chi connectivity index (χ0v) is 17.0. The van der Waals surface area contributed by atoms with Gasteiger partial charge in [-0.3, -0.25) is 4.79 Å². The SMILES string of the molecule is O=C(Nc1cc(C(F)(F)F)ccc1Cl)[C@@H](Nc1ccc2[nH]c(=O)[nH]c2c1)c1ccccc1. The van der Waals surface area contributed by atoms with Crippen molar-refractivity contribution in [2.24, 2.45) is 0 Å². The highest BCUT2D eigenvalue weighted by molar-refractivity contribution is 6.33. The molecule has 0 saturated carbocycles. The van der Waals surface area contributed by atoms with Crippen LogP contribution in [0.25, 0.3) is 11.0 Å². The maximum atomic E-state index is 13.1. The number of imidazole rings is 1. The predicted octanol–water partition coefficient (Wildman–Crippen LogP) is 5.32. The summed E-state index contributed by atoms with van der Waals surface area (Å²) in [6.45, 7) is 0. The number of anilines is 2. The van der Waals surface area contributed by atoms with Gasteiger partial charge in [0.15, 0.2) is 0 Å². The first-order valence-corrected chi connectivity index (χ1v) is 9.79. The molecule has 6 nitrogen and oxygen atoms in total. The molecule has 3 aromatic carbocycles. The summed E-state index contributed by atoms with van der Waals surface area (Å²) in [7, 11) is 0. The van der Waals surface area contributed by atoms with Crippen LogP contribution in [0.1, 0.15) is 17.2 Å². The second-order valence-electron chi connectivity index (χ2n) is 7.01. The molecule has 164 valence electrons. The molecule has 0 spiro atoms. The van der Waals surface area contributed by atoms with Gasteiger partial charge in [0, 0.05) is 5.69 Å². The highest BCUT2D eigenvalue weighted by atomic mass is 35.5. The van der Waals surface area contributed by atoms with Gasteiger partial charge in [-0.25, -0.2) is 4.79 Å². The average molecular weight is 461 g/mol. The molecule has 0 aliphatic rings. The first-order valence-electron chi connectivity index (χ1n) is 9.42. The second kappa shape index (κ2) is 8.43. The van der Waals surface area contributed by atoms with Crippen LogP contribution in [0.5, 0.6) is 0 Å². The molecule has 10 heteroatoms. The van der Waals surface area contributed by atoms with Gasteiger partial charge in [0.25, 0.3) is 5.91 Å². The number of carbonyl (C=O) groups is 1. The van der Waals surface area contributed by atoms with Crippen LogP contribution in [0, 0.1) is 0 Å². The molecule has 1 atom stereocenters. The third-order valence-corrected chi connectivity index (χ3v) is 5.10. The minimum Gasteiger partial charge on any atom is -0.370 e. The molecule has 1 aromatic heterocycles. The molecule has 0 fully saturated rings. The molecule has 0 bridgehead atoms. The van der Waals surface area contributed by atoms with E-state index >= 15 is 0 Å². The quantitative estimate of drug-likeness (QED) is 0.325. The highest BCUT2D eigenvalue weighted by Gasteiger charge is 2.31. The van der Waals surface area contributed by atoms with Gasteiger partial charge < -0.3 is 20.6 Å². The van der Waals surface area contributed by atoms with E-state index in [1.54, 1.807) is 48.5 Å². The fraction of sp³-hybridized carbons (Fsp3) is 0.0909. The Kier molecular flexibility index (Phi) is 5.67. The summed E-state index contributed by atoms with van der Waals surface area (Å²) in [5, 5.41) is 5.53. The van der Waals surface area contributed by atoms with Crippen LogP contribution in [0.15, 0.2) is 71.5 Å². The Balaban J connectivity index is 1.66. The van der Waals surface area contributed by atoms with Crippen molar-refractivity contribution in [1.29, 1.82) is 0 Å². The first kappa shape index (κ1) is 21.5. The lowest BCUT2D eigenvalue weighted by atomic mass is 10.1. The Labute approximate surface area is 184 Å². The summed E-state index contributed by atoms with van der Waals surface area (Å²) < 4.78 is 39.2. The smallest absolute Gasteiger partial charge is 0.370 e. The highest BCUT2D eigenvalue weighted by Crippen LogP contribution is 2.34. The molecule has 32 heavy (non-hydrogen) atoms. The summed E-state index contributed by atoms with van der Waals surface area (Å²) >= 11 is 6.03. The van der Waals surface area contributed by atoms with Gasteiger partial charge in [-0.1, -0.05) is 41.9 Å². The molecule has 0 saturated heterocycles. The third-order valence-electron chi connectivity index (χ3n) is 4.77. The minimum atomic E-state index is -4.58. The Bertz CT molecular complexity index is 1330. The lowest BCUT2D eigenvalue weighted by Gasteiger charge is -2.21. The number of carbonyl (C=O) groups excluding carboxylic acids is 1. The van der Waals surface area contributed by atoms with Crippen molar-refractivity contribution < 1.29 is 18.0 Å². The fourth-order valence-corrected chi connectivity index (χ4v) is 3.40. The van der Waals surface area contributed by atoms with Gasteiger partial charge in [0.1, 0.15) is 6.04 Å². The van der Waals surface area contributed by atoms with Crippen molar-refractivity contribution in [2.45, 2.75) is 12.2 Å². The Hall–Kier alpha value is -3.72. The number of aromatic nitrogens is 2. The van der Waals surface area contributed by atoms with Crippen molar-refractivity contribution in [3.8, 4) is 0 Å². The van der Waals surface area contributed by atoms with Crippen LogP contribution in [0.2, 0.25) is 5.02 Å². The van der Waals surface area contributed by atoms with Gasteiger partial charge in [-0.15, -0.1) is 0 Å². The number of hydrogen-bond acceptors (Lipinski definition) is 3. The first-order chi connectivity index (χ1) is 15.2. The van der Waals surface area contributed by atoms with Crippen molar-refractivity contribution in [1.82, 2.24) is 9.97 Å². The van der Waals surface area contributed by atoms with E-state index in [9.17, 15) is 22.8 Å². The van der Waals surface area contributed by atoms with Crippen LogP contribution in [0.3, 0.4) is 0 Å². The topological polar surface area (TPSA) is 89.8 Å². The standard InChI is InChI=1S/C22H16ClF3N4O2/c23-15-8-6-13(22(24,25)26)10-17(15)28-20(31)19(12-4-2-1-3-5-12)27-14-7-9-16-18(11-14)30-21(32)29-16/h1-11,19,27H,(H,28,31)(H2,29,30,32)/t19-/m0/s1. The number of amides is 1. The maximum Gasteiger partial charge on any atom is 0.416 e. The summed E-state index contributed by atoms with van der Waals surface area (Å²) in [6.07, 6.45) is -4.58. The monoisotopic (exact) mass is 460 g/mol. The van der Waals surface area contributed by atoms with E-state index in [-0.39, 0.29) is 16.4 Å². The number of hydrogen-bond donors (Lipinski definition) is 4. The molecule has 4 aromatic rings. The molecule has 0 radical (unpaired) electrons. The van der Waals surface area contributed by atoms with Crippen molar-refractivity contribution in [3.05, 3.63) is 93.4 Å². The normalized spacial score (nSPS) is 12.5. The number of alkyl halides is 3. The van der Waals surface area contributed by atoms with E-state index in [1.165, 1.54) is 0 Å². The second-order valence-corrected chi connectivity index (χ2v) is 7.42. The van der Waals surface area contributed by atoms with E-state index in [4.69, 9.17) is 11.6 Å². The average Bonchev–Trinajstić information content (AvgIpc) is 3.12. The number of H-pyrrole nitrogens is 2. The summed E-state index contributed by atoms with van der Waals surface area (Å²) in [5.74, 6) is -0.611. The number of aromatic amines is 2. The molecule has 0 aliphatic carbocycles. The van der Waals surface area contributed by atoms with Crippen LogP contribution in [-0.4, -0.2) is 15.9 Å². The number of rotatable bonds is 5. The van der Waals surface area contributed by atoms with E-state index in [0.717, 1.165) is 18.2 Å². The van der Waals surface area contributed by atoms with E-state index in [0.29, 0.717) is 22.3 Å². The molecular formula is C22H16ClF3N4O2. The molecule has 0 unspecified atom stereocenters. The summed E-state index contributed by atoms with van der Waals surface area (Å²) in [4.78, 5) is 29.9. The van der Waals surface area contributed by atoms with Crippen LogP contribution < -0.4 is 16.3 Å². The van der Waals surface area contributed by atoms with Gasteiger partial charge in [-0.2, -0.15) is 13.2 Å². The zero-order chi connectivity index (χ0) is 22.9. The maximum absolute atomic E-state index is 13.1. The Morgan fingerprint density at radius 2 is 1.66 bits per heavy atom. The lowest BCUT2D eigenvalue weighted by molar-refractivity contribution is -0.137. The molecule has 4 rings (SSSR count). The largest absolute Gasteiger partial charge is 0.416 e. The molecule has 4 N–H and O–H groups in total. The van der Waals surface area contributed by atoms with E-state index in [2.05, 4.69) is 20.6 Å². The van der Waals surface area contributed by atoms with Crippen LogP contribution in [-0.2, 0) is 11.0 Å². The van der Waals surface area contributed by atoms with Gasteiger partial charge >= 0.3 is 11.9 Å². The number of nitrogens with one attached hydrogen (secondary N) is 4. The number of benzene rings is 3. The predicted molar refractivity (Wildman–Crippen MR) is 117 cm³/mol. The van der Waals surface area contributed by atoms with Gasteiger partial charge in [0.05, 0.1) is 27.3 Å². The molecular weight excluding hydrogens is 445 g/mol. The Morgan fingerprint density at radius 3 is 2.38 bits per heavy atom.